The lowest BCUT2D eigenvalue weighted by Crippen LogP contribution is -2.47. The lowest BCUT2D eigenvalue weighted by molar-refractivity contribution is -0.190. The normalized spacial score (nSPS) is 18.8. The van der Waals surface area contributed by atoms with Crippen molar-refractivity contribution in [2.75, 3.05) is 13.2 Å². The van der Waals surface area contributed by atoms with Crippen LogP contribution >= 0.6 is 0 Å². The maximum atomic E-state index is 13.1. The molecule has 0 saturated carbocycles. The molecule has 2 unspecified atom stereocenters. The van der Waals surface area contributed by atoms with Gasteiger partial charge in [-0.05, 0) is 51.5 Å². The van der Waals surface area contributed by atoms with Gasteiger partial charge in [0, 0.05) is 23.6 Å². The van der Waals surface area contributed by atoms with Crippen LogP contribution in [-0.4, -0.2) is 53.5 Å². The van der Waals surface area contributed by atoms with Gasteiger partial charge in [-0.1, -0.05) is 23.8 Å². The third kappa shape index (κ3) is 7.69. The second-order valence-corrected chi connectivity index (χ2v) is 9.12. The minimum atomic E-state index is -1.95. The minimum Gasteiger partial charge on any atom is -0.465 e. The summed E-state index contributed by atoms with van der Waals surface area (Å²) in [6.07, 6.45) is 0.754. The van der Waals surface area contributed by atoms with E-state index in [2.05, 4.69) is 0 Å². The Kier molecular flexibility index (Phi) is 10.5. The number of allylic oxidation sites excluding steroid dienone is 1. The summed E-state index contributed by atoms with van der Waals surface area (Å²) in [6.45, 7) is 6.22. The van der Waals surface area contributed by atoms with Gasteiger partial charge in [0.05, 0.1) is 24.0 Å². The highest BCUT2D eigenvalue weighted by Gasteiger charge is 2.51. The van der Waals surface area contributed by atoms with Crippen LogP contribution in [0.4, 0.5) is 0 Å². The summed E-state index contributed by atoms with van der Waals surface area (Å²) in [5, 5.41) is 1.36. The number of aryl methyl sites for hydroxylation is 1. The molecule has 0 spiro atoms. The quantitative estimate of drug-likeness (QED) is 0.253. The fourth-order valence-corrected chi connectivity index (χ4v) is 4.21. The number of hydrogen-bond acceptors (Lipinski definition) is 9. The second-order valence-electron chi connectivity index (χ2n) is 7.78. The minimum absolute atomic E-state index is 0.0194. The maximum Gasteiger partial charge on any atom is 0.323 e. The van der Waals surface area contributed by atoms with E-state index in [4.69, 9.17) is 18.9 Å². The maximum absolute atomic E-state index is 13.1. The molecule has 1 aromatic carbocycles. The molecule has 9 nitrogen and oxygen atoms in total. The van der Waals surface area contributed by atoms with Gasteiger partial charge in [0.1, 0.15) is 6.10 Å². The van der Waals surface area contributed by atoms with Gasteiger partial charge in [-0.3, -0.25) is 19.2 Å². The van der Waals surface area contributed by atoms with Crippen molar-refractivity contribution in [3.05, 3.63) is 53.5 Å². The smallest absolute Gasteiger partial charge is 0.323 e. The molecule has 190 valence electrons. The van der Waals surface area contributed by atoms with Crippen molar-refractivity contribution in [1.29, 1.82) is 0 Å². The summed E-state index contributed by atoms with van der Waals surface area (Å²) in [5.74, 6) is -2.95. The van der Waals surface area contributed by atoms with Crippen LogP contribution in [0.2, 0.25) is 0 Å². The van der Waals surface area contributed by atoms with E-state index in [0.29, 0.717) is 4.90 Å². The lowest BCUT2D eigenvalue weighted by atomic mass is 9.78. The van der Waals surface area contributed by atoms with Gasteiger partial charge in [-0.25, -0.2) is 4.21 Å². The van der Waals surface area contributed by atoms with Crippen LogP contribution in [0.3, 0.4) is 0 Å². The van der Waals surface area contributed by atoms with Gasteiger partial charge in [0.15, 0.2) is 11.2 Å². The molecule has 2 rings (SSSR count). The largest absolute Gasteiger partial charge is 0.465 e. The lowest BCUT2D eigenvalue weighted by Gasteiger charge is -2.33. The Bertz CT molecular complexity index is 992. The second kappa shape index (κ2) is 13.1. The first kappa shape index (κ1) is 28.1. The molecule has 0 radical (unpaired) electrons. The third-order valence-electron chi connectivity index (χ3n) is 5.12. The van der Waals surface area contributed by atoms with E-state index in [1.165, 1.54) is 30.6 Å². The standard InChI is InChI=1S/C25H30O9S/c1-5-31-23(28)25(24(29)32-6-2,14-7-15-35(30)19-10-8-17(3)9-11-19)16-21-20(27)12-13-22(34-21)33-18(4)26/h7-13,15,21-22H,5-6,14,16H2,1-4H3/b15-7+/t21?,22?,35-/m0/s1. The number of hydrogen-bond donors (Lipinski definition) is 0. The van der Waals surface area contributed by atoms with E-state index in [9.17, 15) is 23.4 Å². The third-order valence-corrected chi connectivity index (χ3v) is 6.30. The van der Waals surface area contributed by atoms with E-state index in [1.54, 1.807) is 26.0 Å². The number of carbonyl (C=O) groups is 4. The first-order valence-electron chi connectivity index (χ1n) is 11.2. The van der Waals surface area contributed by atoms with Crippen LogP contribution in [-0.2, 0) is 48.9 Å². The van der Waals surface area contributed by atoms with Crippen molar-refractivity contribution in [1.82, 2.24) is 0 Å². The van der Waals surface area contributed by atoms with Crippen LogP contribution in [0.25, 0.3) is 0 Å². The zero-order valence-corrected chi connectivity index (χ0v) is 21.0. The van der Waals surface area contributed by atoms with Crippen molar-refractivity contribution >= 4 is 34.5 Å². The summed E-state index contributed by atoms with van der Waals surface area (Å²) in [7, 11) is -1.54. The Balaban J connectivity index is 2.37. The summed E-state index contributed by atoms with van der Waals surface area (Å²) in [5.41, 5.74) is -0.941. The molecule has 3 atom stereocenters. The Hall–Kier alpha value is -3.11. The molecule has 0 bridgehead atoms. The molecular weight excluding hydrogens is 476 g/mol. The van der Waals surface area contributed by atoms with Gasteiger partial charge in [-0.2, -0.15) is 0 Å². The van der Waals surface area contributed by atoms with Crippen molar-refractivity contribution < 1.29 is 42.3 Å². The van der Waals surface area contributed by atoms with E-state index in [1.807, 2.05) is 19.1 Å². The van der Waals surface area contributed by atoms with Gasteiger partial charge in [0.2, 0.25) is 6.29 Å². The number of carbonyl (C=O) groups excluding carboxylic acids is 4. The van der Waals surface area contributed by atoms with Crippen molar-refractivity contribution in [2.45, 2.75) is 57.8 Å². The molecule has 1 aromatic rings. The Labute approximate surface area is 206 Å². The Morgan fingerprint density at radius 1 is 1.09 bits per heavy atom. The fraction of sp³-hybridized carbons (Fsp3) is 0.440. The number of rotatable bonds is 11. The summed E-state index contributed by atoms with van der Waals surface area (Å²) < 4.78 is 33.6. The molecular formula is C25H30O9S. The molecule has 1 heterocycles. The highest BCUT2D eigenvalue weighted by Crippen LogP contribution is 2.35. The van der Waals surface area contributed by atoms with Crippen molar-refractivity contribution in [3.8, 4) is 0 Å². The number of ketones is 1. The molecule has 35 heavy (non-hydrogen) atoms. The van der Waals surface area contributed by atoms with Gasteiger partial charge in [-0.15, -0.1) is 0 Å². The van der Waals surface area contributed by atoms with Crippen LogP contribution in [0.5, 0.6) is 0 Å². The zero-order valence-electron chi connectivity index (χ0n) is 20.2. The molecule has 0 N–H and O–H groups in total. The van der Waals surface area contributed by atoms with Crippen LogP contribution < -0.4 is 0 Å². The average molecular weight is 507 g/mol. The van der Waals surface area contributed by atoms with Crippen molar-refractivity contribution in [2.24, 2.45) is 5.41 Å². The molecule has 1 aliphatic rings. The van der Waals surface area contributed by atoms with E-state index in [-0.39, 0.29) is 19.6 Å². The Morgan fingerprint density at radius 2 is 1.69 bits per heavy atom. The topological polar surface area (TPSA) is 122 Å². The van der Waals surface area contributed by atoms with Gasteiger partial charge < -0.3 is 18.9 Å². The fourth-order valence-electron chi connectivity index (χ4n) is 3.38. The van der Waals surface area contributed by atoms with E-state index < -0.39 is 58.7 Å². The molecule has 0 saturated heterocycles. The highest BCUT2D eigenvalue weighted by molar-refractivity contribution is 7.88. The molecule has 0 aliphatic carbocycles. The van der Waals surface area contributed by atoms with Crippen LogP contribution in [0.1, 0.15) is 39.2 Å². The average Bonchev–Trinajstić information content (AvgIpc) is 2.80. The SMILES string of the molecule is CCOC(=O)C(C/C=C/[S@](=O)c1ccc(C)cc1)(CC1OC(OC(C)=O)C=CC1=O)C(=O)OCC. The summed E-state index contributed by atoms with van der Waals surface area (Å²) in [4.78, 5) is 50.6. The molecule has 10 heteroatoms. The van der Waals surface area contributed by atoms with Gasteiger partial charge >= 0.3 is 17.9 Å². The predicted octanol–water partition coefficient (Wildman–Crippen LogP) is 2.92. The highest BCUT2D eigenvalue weighted by atomic mass is 32.2. The van der Waals surface area contributed by atoms with E-state index in [0.717, 1.165) is 5.56 Å². The molecule has 0 aromatic heterocycles. The Morgan fingerprint density at radius 3 is 2.23 bits per heavy atom. The predicted molar refractivity (Wildman–Crippen MR) is 126 cm³/mol. The summed E-state index contributed by atoms with van der Waals surface area (Å²) in [6, 6.07) is 7.08. The number of ether oxygens (including phenoxy) is 4. The molecule has 1 aliphatic heterocycles. The van der Waals surface area contributed by atoms with Gasteiger partial charge in [0.25, 0.3) is 0 Å². The number of benzene rings is 1. The van der Waals surface area contributed by atoms with E-state index >= 15 is 0 Å². The van der Waals surface area contributed by atoms with Crippen LogP contribution in [0, 0.1) is 12.3 Å². The first-order chi connectivity index (χ1) is 16.6. The summed E-state index contributed by atoms with van der Waals surface area (Å²) >= 11 is 0. The number of esters is 3. The monoisotopic (exact) mass is 506 g/mol. The first-order valence-corrected chi connectivity index (χ1v) is 12.4. The van der Waals surface area contributed by atoms with Crippen LogP contribution in [0.15, 0.2) is 52.8 Å². The van der Waals surface area contributed by atoms with Crippen molar-refractivity contribution in [3.63, 3.8) is 0 Å². The zero-order chi connectivity index (χ0) is 26.0. The molecule has 0 amide bonds. The molecule has 0 fully saturated rings.